The molecule has 0 heterocycles. The fourth-order valence-corrected chi connectivity index (χ4v) is 2.92. The third kappa shape index (κ3) is 3.73. The van der Waals surface area contributed by atoms with E-state index in [4.69, 9.17) is 11.1 Å². The van der Waals surface area contributed by atoms with Gasteiger partial charge in [-0.3, -0.25) is 10.1 Å². The zero-order chi connectivity index (χ0) is 13.2. The predicted octanol–water partition coefficient (Wildman–Crippen LogP) is 1.51. The first-order chi connectivity index (χ1) is 8.46. The summed E-state index contributed by atoms with van der Waals surface area (Å²) in [6, 6.07) is 6.49. The summed E-state index contributed by atoms with van der Waals surface area (Å²) >= 11 is 0. The van der Waals surface area contributed by atoms with Gasteiger partial charge in [0.25, 0.3) is 0 Å². The number of nitrogens with two attached hydrogens (primary N) is 1. The summed E-state index contributed by atoms with van der Waals surface area (Å²) in [6.45, 7) is 0. The smallest absolute Gasteiger partial charge is 0.232 e. The van der Waals surface area contributed by atoms with Gasteiger partial charge in [-0.25, -0.2) is 8.42 Å². The SMILES string of the molecule is N=C(N)c1ccc(NS(=O)(=O)CCC2CC2)cc1. The molecule has 5 nitrogen and oxygen atoms in total. The summed E-state index contributed by atoms with van der Waals surface area (Å²) in [6.07, 6.45) is 3.05. The highest BCUT2D eigenvalue weighted by molar-refractivity contribution is 7.92. The van der Waals surface area contributed by atoms with Crippen molar-refractivity contribution < 1.29 is 8.42 Å². The molecule has 1 aliphatic carbocycles. The van der Waals surface area contributed by atoms with E-state index in [1.807, 2.05) is 0 Å². The van der Waals surface area contributed by atoms with Crippen molar-refractivity contribution in [2.45, 2.75) is 19.3 Å². The van der Waals surface area contributed by atoms with Crippen molar-refractivity contribution in [1.82, 2.24) is 0 Å². The van der Waals surface area contributed by atoms with Crippen molar-refractivity contribution in [3.05, 3.63) is 29.8 Å². The summed E-state index contributed by atoms with van der Waals surface area (Å²) < 4.78 is 26.1. The quantitative estimate of drug-likeness (QED) is 0.538. The lowest BCUT2D eigenvalue weighted by Crippen LogP contribution is -2.17. The van der Waals surface area contributed by atoms with Crippen LogP contribution in [0.4, 0.5) is 5.69 Å². The van der Waals surface area contributed by atoms with E-state index in [2.05, 4.69) is 4.72 Å². The van der Waals surface area contributed by atoms with Crippen LogP contribution in [0.1, 0.15) is 24.8 Å². The van der Waals surface area contributed by atoms with Gasteiger partial charge in [-0.05, 0) is 36.6 Å². The maximum absolute atomic E-state index is 11.8. The van der Waals surface area contributed by atoms with Crippen LogP contribution in [0.3, 0.4) is 0 Å². The molecule has 0 aliphatic heterocycles. The number of nitrogens with one attached hydrogen (secondary N) is 2. The van der Waals surface area contributed by atoms with Gasteiger partial charge in [0.1, 0.15) is 5.84 Å². The Bertz CT molecular complexity index is 533. The van der Waals surface area contributed by atoms with Crippen LogP contribution in [0.2, 0.25) is 0 Å². The van der Waals surface area contributed by atoms with Crippen molar-refractivity contribution >= 4 is 21.5 Å². The Hall–Kier alpha value is -1.56. The second-order valence-corrected chi connectivity index (χ2v) is 6.49. The Labute approximate surface area is 107 Å². The Morgan fingerprint density at radius 1 is 1.33 bits per heavy atom. The minimum Gasteiger partial charge on any atom is -0.384 e. The molecule has 0 aromatic heterocycles. The first-order valence-electron chi connectivity index (χ1n) is 5.91. The monoisotopic (exact) mass is 267 g/mol. The van der Waals surface area contributed by atoms with Crippen LogP contribution in [0.25, 0.3) is 0 Å². The summed E-state index contributed by atoms with van der Waals surface area (Å²) in [5.41, 5.74) is 6.41. The average Bonchev–Trinajstić information content (AvgIpc) is 3.10. The highest BCUT2D eigenvalue weighted by Crippen LogP contribution is 2.32. The molecule has 1 aromatic rings. The van der Waals surface area contributed by atoms with Gasteiger partial charge in [-0.2, -0.15) is 0 Å². The fraction of sp³-hybridized carbons (Fsp3) is 0.417. The number of hydrogen-bond acceptors (Lipinski definition) is 3. The van der Waals surface area contributed by atoms with E-state index in [1.54, 1.807) is 24.3 Å². The molecule has 4 N–H and O–H groups in total. The minimum absolute atomic E-state index is 0.0295. The number of hydrogen-bond donors (Lipinski definition) is 3. The number of rotatable bonds is 6. The standard InChI is InChI=1S/C12H17N3O2S/c13-12(14)10-3-5-11(6-4-10)15-18(16,17)8-7-9-1-2-9/h3-6,9,15H,1-2,7-8H2,(H3,13,14). The summed E-state index contributed by atoms with van der Waals surface area (Å²) in [5, 5.41) is 7.24. The third-order valence-electron chi connectivity index (χ3n) is 2.96. The first kappa shape index (κ1) is 12.9. The fourth-order valence-electron chi connectivity index (χ4n) is 1.68. The van der Waals surface area contributed by atoms with E-state index in [0.717, 1.165) is 19.3 Å². The summed E-state index contributed by atoms with van der Waals surface area (Å²) in [4.78, 5) is 0. The molecule has 1 fully saturated rings. The molecule has 1 aliphatic rings. The molecule has 0 radical (unpaired) electrons. The second-order valence-electron chi connectivity index (χ2n) is 4.64. The lowest BCUT2D eigenvalue weighted by molar-refractivity contribution is 0.595. The molecule has 1 aromatic carbocycles. The highest BCUT2D eigenvalue weighted by atomic mass is 32.2. The number of benzene rings is 1. The molecule has 0 amide bonds. The Kier molecular flexibility index (Phi) is 3.56. The van der Waals surface area contributed by atoms with Crippen molar-refractivity contribution in [3.8, 4) is 0 Å². The molecule has 0 saturated heterocycles. The first-order valence-corrected chi connectivity index (χ1v) is 7.56. The van der Waals surface area contributed by atoms with Crippen LogP contribution in [-0.2, 0) is 10.0 Å². The van der Waals surface area contributed by atoms with E-state index >= 15 is 0 Å². The summed E-state index contributed by atoms with van der Waals surface area (Å²) in [7, 11) is -3.26. The van der Waals surface area contributed by atoms with Gasteiger partial charge >= 0.3 is 0 Å². The average molecular weight is 267 g/mol. The molecule has 0 spiro atoms. The van der Waals surface area contributed by atoms with Crippen LogP contribution >= 0.6 is 0 Å². The number of sulfonamides is 1. The summed E-state index contributed by atoms with van der Waals surface area (Å²) in [5.74, 6) is 0.742. The van der Waals surface area contributed by atoms with Gasteiger partial charge < -0.3 is 5.73 Å². The molecule has 2 rings (SSSR count). The van der Waals surface area contributed by atoms with Gasteiger partial charge in [0.2, 0.25) is 10.0 Å². The molecule has 1 saturated carbocycles. The van der Waals surface area contributed by atoms with E-state index in [-0.39, 0.29) is 11.6 Å². The minimum atomic E-state index is -3.26. The third-order valence-corrected chi connectivity index (χ3v) is 4.28. The number of anilines is 1. The van der Waals surface area contributed by atoms with Crippen molar-refractivity contribution in [1.29, 1.82) is 5.41 Å². The Morgan fingerprint density at radius 2 is 1.94 bits per heavy atom. The van der Waals surface area contributed by atoms with Crippen molar-refractivity contribution in [3.63, 3.8) is 0 Å². The van der Waals surface area contributed by atoms with E-state index < -0.39 is 10.0 Å². The Morgan fingerprint density at radius 3 is 2.44 bits per heavy atom. The van der Waals surface area contributed by atoms with Crippen LogP contribution < -0.4 is 10.5 Å². The lowest BCUT2D eigenvalue weighted by Gasteiger charge is -2.08. The molecule has 6 heteroatoms. The van der Waals surface area contributed by atoms with Gasteiger partial charge in [-0.15, -0.1) is 0 Å². The van der Waals surface area contributed by atoms with Gasteiger partial charge in [-0.1, -0.05) is 12.8 Å². The zero-order valence-corrected chi connectivity index (χ0v) is 10.8. The molecular formula is C12H17N3O2S. The predicted molar refractivity (Wildman–Crippen MR) is 72.2 cm³/mol. The molecule has 0 atom stereocenters. The molecule has 98 valence electrons. The van der Waals surface area contributed by atoms with E-state index in [0.29, 0.717) is 17.2 Å². The molecule has 0 unspecified atom stereocenters. The van der Waals surface area contributed by atoms with Gasteiger partial charge in [0, 0.05) is 11.3 Å². The normalized spacial score (nSPS) is 15.3. The van der Waals surface area contributed by atoms with E-state index in [1.165, 1.54) is 0 Å². The largest absolute Gasteiger partial charge is 0.384 e. The van der Waals surface area contributed by atoms with E-state index in [9.17, 15) is 8.42 Å². The molecule has 18 heavy (non-hydrogen) atoms. The number of amidine groups is 1. The molecule has 0 bridgehead atoms. The Balaban J connectivity index is 1.96. The maximum Gasteiger partial charge on any atom is 0.232 e. The van der Waals surface area contributed by atoms with Crippen LogP contribution in [0.15, 0.2) is 24.3 Å². The van der Waals surface area contributed by atoms with Crippen molar-refractivity contribution in [2.24, 2.45) is 11.7 Å². The van der Waals surface area contributed by atoms with Crippen LogP contribution in [0, 0.1) is 11.3 Å². The van der Waals surface area contributed by atoms with Gasteiger partial charge in [0.15, 0.2) is 0 Å². The highest BCUT2D eigenvalue weighted by Gasteiger charge is 2.23. The second kappa shape index (κ2) is 4.97. The lowest BCUT2D eigenvalue weighted by atomic mass is 10.2. The van der Waals surface area contributed by atoms with Gasteiger partial charge in [0.05, 0.1) is 5.75 Å². The van der Waals surface area contributed by atoms with Crippen LogP contribution in [0.5, 0.6) is 0 Å². The maximum atomic E-state index is 11.8. The van der Waals surface area contributed by atoms with Crippen LogP contribution in [-0.4, -0.2) is 20.0 Å². The zero-order valence-electron chi connectivity index (χ0n) is 10.0. The number of nitrogen functional groups attached to an aromatic ring is 1. The topological polar surface area (TPSA) is 96.0 Å². The molecular weight excluding hydrogens is 250 g/mol. The van der Waals surface area contributed by atoms with Crippen molar-refractivity contribution in [2.75, 3.05) is 10.5 Å².